The van der Waals surface area contributed by atoms with Crippen LogP contribution in [0.3, 0.4) is 0 Å². The molecule has 0 heterocycles. The molecule has 0 spiro atoms. The van der Waals surface area contributed by atoms with Crippen LogP contribution in [-0.4, -0.2) is 30.7 Å². The molecule has 0 bridgehead atoms. The maximum atomic E-state index is 5.69. The number of alkyl halides is 1. The van der Waals surface area contributed by atoms with Crippen LogP contribution in [-0.2, 0) is 4.74 Å². The Kier molecular flexibility index (Phi) is 7.61. The van der Waals surface area contributed by atoms with Gasteiger partial charge in [0.1, 0.15) is 0 Å². The zero-order chi connectivity index (χ0) is 11.0. The zero-order valence-electron chi connectivity index (χ0n) is 9.90. The first-order chi connectivity index (χ1) is 6.49. The van der Waals surface area contributed by atoms with Crippen LogP contribution in [0.25, 0.3) is 0 Å². The molecule has 2 nitrogen and oxygen atoms in total. The van der Waals surface area contributed by atoms with Crippen molar-refractivity contribution in [3.8, 4) is 0 Å². The van der Waals surface area contributed by atoms with Gasteiger partial charge in [-0.05, 0) is 33.6 Å². The van der Waals surface area contributed by atoms with E-state index in [9.17, 15) is 0 Å². The van der Waals surface area contributed by atoms with E-state index in [1.807, 2.05) is 0 Å². The molecule has 0 saturated carbocycles. The normalized spacial score (nSPS) is 14.4. The predicted molar refractivity (Wildman–Crippen MR) is 63.1 cm³/mol. The van der Waals surface area contributed by atoms with Crippen LogP contribution in [0.2, 0.25) is 0 Å². The minimum atomic E-state index is -0.0319. The molecule has 0 rings (SSSR count). The molecule has 0 aliphatic carbocycles. The first-order valence-corrected chi connectivity index (χ1v) is 5.96. The van der Waals surface area contributed by atoms with Gasteiger partial charge < -0.3 is 10.1 Å². The number of rotatable bonds is 7. The fourth-order valence-corrected chi connectivity index (χ4v) is 1.47. The van der Waals surface area contributed by atoms with Crippen molar-refractivity contribution in [3.63, 3.8) is 0 Å². The fourth-order valence-electron chi connectivity index (χ4n) is 1.20. The van der Waals surface area contributed by atoms with Crippen molar-refractivity contribution in [2.45, 2.75) is 52.2 Å². The quantitative estimate of drug-likeness (QED) is 0.527. The van der Waals surface area contributed by atoms with Gasteiger partial charge in [-0.2, -0.15) is 0 Å². The third-order valence-corrected chi connectivity index (χ3v) is 2.24. The standard InChI is InChI=1S/C11H24ClNO/c1-5-10(6-7-12)13-8-9-14-11(2,3)4/h10,13H,5-9H2,1-4H3. The van der Waals surface area contributed by atoms with Crippen molar-refractivity contribution in [3.05, 3.63) is 0 Å². The molecule has 1 N–H and O–H groups in total. The molecule has 0 aromatic rings. The maximum absolute atomic E-state index is 5.69. The van der Waals surface area contributed by atoms with Crippen LogP contribution in [0.15, 0.2) is 0 Å². The highest BCUT2D eigenvalue weighted by atomic mass is 35.5. The zero-order valence-corrected chi connectivity index (χ0v) is 10.7. The third-order valence-electron chi connectivity index (χ3n) is 2.02. The molecular formula is C11H24ClNO. The summed E-state index contributed by atoms with van der Waals surface area (Å²) in [5, 5.41) is 3.43. The molecule has 0 aromatic carbocycles. The fraction of sp³-hybridized carbons (Fsp3) is 1.00. The molecule has 0 fully saturated rings. The lowest BCUT2D eigenvalue weighted by molar-refractivity contribution is -0.00168. The molecule has 0 saturated heterocycles. The summed E-state index contributed by atoms with van der Waals surface area (Å²) in [6.45, 7) is 10.1. The Morgan fingerprint density at radius 2 is 2.00 bits per heavy atom. The Hall–Kier alpha value is 0.210. The Balaban J connectivity index is 3.42. The first kappa shape index (κ1) is 14.2. The van der Waals surface area contributed by atoms with Gasteiger partial charge in [-0.15, -0.1) is 11.6 Å². The largest absolute Gasteiger partial charge is 0.375 e. The van der Waals surface area contributed by atoms with Crippen LogP contribution < -0.4 is 5.32 Å². The molecular weight excluding hydrogens is 198 g/mol. The number of nitrogens with one attached hydrogen (secondary N) is 1. The lowest BCUT2D eigenvalue weighted by atomic mass is 10.2. The van der Waals surface area contributed by atoms with Gasteiger partial charge in [-0.1, -0.05) is 6.92 Å². The Labute approximate surface area is 93.4 Å². The van der Waals surface area contributed by atoms with Crippen molar-refractivity contribution in [1.82, 2.24) is 5.32 Å². The van der Waals surface area contributed by atoms with Gasteiger partial charge in [0.15, 0.2) is 0 Å². The third kappa shape index (κ3) is 8.79. The van der Waals surface area contributed by atoms with Gasteiger partial charge >= 0.3 is 0 Å². The van der Waals surface area contributed by atoms with Crippen LogP contribution >= 0.6 is 11.6 Å². The summed E-state index contributed by atoms with van der Waals surface area (Å²) in [5.74, 6) is 0.728. The Bertz CT molecular complexity index is 134. The van der Waals surface area contributed by atoms with E-state index < -0.39 is 0 Å². The minimum absolute atomic E-state index is 0.0319. The Morgan fingerprint density at radius 1 is 1.36 bits per heavy atom. The molecule has 86 valence electrons. The van der Waals surface area contributed by atoms with Gasteiger partial charge in [-0.25, -0.2) is 0 Å². The van der Waals surface area contributed by atoms with Gasteiger partial charge in [0, 0.05) is 18.5 Å². The van der Waals surface area contributed by atoms with Crippen molar-refractivity contribution < 1.29 is 4.74 Å². The molecule has 0 aromatic heterocycles. The topological polar surface area (TPSA) is 21.3 Å². The minimum Gasteiger partial charge on any atom is -0.375 e. The summed E-state index contributed by atoms with van der Waals surface area (Å²) < 4.78 is 5.61. The first-order valence-electron chi connectivity index (χ1n) is 5.43. The van der Waals surface area contributed by atoms with E-state index in [2.05, 4.69) is 33.0 Å². The van der Waals surface area contributed by atoms with Crippen molar-refractivity contribution in [2.24, 2.45) is 0 Å². The Morgan fingerprint density at radius 3 is 2.43 bits per heavy atom. The van der Waals surface area contributed by atoms with E-state index in [-0.39, 0.29) is 5.60 Å². The summed E-state index contributed by atoms with van der Waals surface area (Å²) in [4.78, 5) is 0. The van der Waals surface area contributed by atoms with E-state index in [1.54, 1.807) is 0 Å². The number of hydrogen-bond acceptors (Lipinski definition) is 2. The van der Waals surface area contributed by atoms with Gasteiger partial charge in [0.2, 0.25) is 0 Å². The predicted octanol–water partition coefficient (Wildman–Crippen LogP) is 2.80. The smallest absolute Gasteiger partial charge is 0.0599 e. The second-order valence-electron chi connectivity index (χ2n) is 4.50. The van der Waals surface area contributed by atoms with Crippen LogP contribution in [0.4, 0.5) is 0 Å². The molecule has 0 aliphatic rings. The summed E-state index contributed by atoms with van der Waals surface area (Å²) >= 11 is 5.69. The summed E-state index contributed by atoms with van der Waals surface area (Å²) in [6, 6.07) is 0.538. The van der Waals surface area contributed by atoms with Gasteiger partial charge in [-0.3, -0.25) is 0 Å². The van der Waals surface area contributed by atoms with Crippen molar-refractivity contribution >= 4 is 11.6 Å². The SMILES string of the molecule is CCC(CCCl)NCCOC(C)(C)C. The van der Waals surface area contributed by atoms with E-state index >= 15 is 0 Å². The summed E-state index contributed by atoms with van der Waals surface area (Å²) in [7, 11) is 0. The van der Waals surface area contributed by atoms with Crippen LogP contribution in [0.5, 0.6) is 0 Å². The van der Waals surface area contributed by atoms with E-state index in [0.29, 0.717) is 6.04 Å². The average Bonchev–Trinajstić information content (AvgIpc) is 2.08. The monoisotopic (exact) mass is 221 g/mol. The summed E-state index contributed by atoms with van der Waals surface area (Å²) in [5.41, 5.74) is -0.0319. The second kappa shape index (κ2) is 7.49. The molecule has 0 radical (unpaired) electrons. The van der Waals surface area contributed by atoms with Crippen LogP contribution in [0, 0.1) is 0 Å². The van der Waals surface area contributed by atoms with E-state index in [0.717, 1.165) is 31.9 Å². The number of ether oxygens (including phenoxy) is 1. The maximum Gasteiger partial charge on any atom is 0.0599 e. The average molecular weight is 222 g/mol. The highest BCUT2D eigenvalue weighted by Gasteiger charge is 2.10. The highest BCUT2D eigenvalue weighted by Crippen LogP contribution is 2.05. The lowest BCUT2D eigenvalue weighted by Gasteiger charge is -2.21. The number of halogens is 1. The molecule has 0 amide bonds. The van der Waals surface area contributed by atoms with E-state index in [1.165, 1.54) is 0 Å². The van der Waals surface area contributed by atoms with Gasteiger partial charge in [0.25, 0.3) is 0 Å². The molecule has 14 heavy (non-hydrogen) atoms. The summed E-state index contributed by atoms with van der Waals surface area (Å²) in [6.07, 6.45) is 2.16. The van der Waals surface area contributed by atoms with Gasteiger partial charge in [0.05, 0.1) is 12.2 Å². The highest BCUT2D eigenvalue weighted by molar-refractivity contribution is 6.17. The lowest BCUT2D eigenvalue weighted by Crippen LogP contribution is -2.33. The number of hydrogen-bond donors (Lipinski definition) is 1. The van der Waals surface area contributed by atoms with Crippen molar-refractivity contribution in [2.75, 3.05) is 19.0 Å². The second-order valence-corrected chi connectivity index (χ2v) is 4.88. The van der Waals surface area contributed by atoms with Crippen LogP contribution in [0.1, 0.15) is 40.5 Å². The molecule has 1 unspecified atom stereocenters. The van der Waals surface area contributed by atoms with Crippen molar-refractivity contribution in [1.29, 1.82) is 0 Å². The molecule has 3 heteroatoms. The molecule has 1 atom stereocenters. The molecule has 0 aliphatic heterocycles. The van der Waals surface area contributed by atoms with E-state index in [4.69, 9.17) is 16.3 Å².